The zero-order chi connectivity index (χ0) is 3.58. The fourth-order valence-corrected chi connectivity index (χ4v) is 0. The van der Waals surface area contributed by atoms with E-state index in [9.17, 15) is 0 Å². The minimum atomic E-state index is -1.08. The molecular weight excluding hydrogens is 99.0 g/mol. The van der Waals surface area contributed by atoms with E-state index in [1.54, 1.807) is 0 Å². The second-order valence-electron chi connectivity index (χ2n) is 0.492. The Balaban J connectivity index is -0.0000000450. The molecule has 0 aliphatic carbocycles. The summed E-state index contributed by atoms with van der Waals surface area (Å²) in [6, 6.07) is 0. The number of hydrogen-bond acceptors (Lipinski definition) is 2. The number of carbonyl (C=O) groups is 1. The van der Waals surface area contributed by atoms with Gasteiger partial charge in [0.1, 0.15) is 0 Å². The first-order valence-corrected chi connectivity index (χ1v) is 0.908. The van der Waals surface area contributed by atoms with Gasteiger partial charge in [-0.3, -0.25) is 0 Å². The molecule has 0 N–H and O–H groups in total. The van der Waals surface area contributed by atoms with Crippen molar-refractivity contribution < 1.29 is 15.4 Å². The predicted molar refractivity (Wildman–Crippen MR) is 17.1 cm³/mol. The number of aliphatic carboxylic acids is 1. The third-order valence-corrected chi connectivity index (χ3v) is 0. The van der Waals surface area contributed by atoms with Gasteiger partial charge in [-0.1, -0.05) is 0 Å². The third kappa shape index (κ3) is 24700. The van der Waals surface area contributed by atoms with E-state index in [-0.39, 0.29) is 22.8 Å². The quantitative estimate of drug-likeness (QED) is 0.340. The molecule has 0 bridgehead atoms. The Morgan fingerprint density at radius 2 is 1.67 bits per heavy atom. The van der Waals surface area contributed by atoms with E-state index in [0.29, 0.717) is 0 Å². The van der Waals surface area contributed by atoms with Crippen LogP contribution in [-0.4, -0.2) is 23.3 Å². The molecule has 0 aliphatic rings. The van der Waals surface area contributed by atoms with E-state index < -0.39 is 5.97 Å². The molecule has 3 nitrogen and oxygen atoms in total. The van der Waals surface area contributed by atoms with E-state index >= 15 is 0 Å². The first-order valence-electron chi connectivity index (χ1n) is 0.908. The molecule has 0 radical (unpaired) electrons. The molecule has 0 heterocycles. The van der Waals surface area contributed by atoms with Crippen LogP contribution in [0.4, 0.5) is 0 Å². The molecule has 0 rings (SSSR count). The van der Waals surface area contributed by atoms with Gasteiger partial charge >= 0.3 is 17.4 Å². The maximum absolute atomic E-state index is 8.89. The average Bonchev–Trinajstić information content (AvgIpc) is 0.811. The van der Waals surface area contributed by atoms with Gasteiger partial charge in [0.25, 0.3) is 0 Å². The summed E-state index contributed by atoms with van der Waals surface area (Å²) in [5, 5.41) is 8.89. The summed E-state index contributed by atoms with van der Waals surface area (Å²) in [6.45, 7) is 0.972. The van der Waals surface area contributed by atoms with Gasteiger partial charge in [0, 0.05) is 5.97 Å². The summed E-state index contributed by atoms with van der Waals surface area (Å²) in [5.41, 5.74) is 0. The minimum absolute atomic E-state index is 0. The molecule has 0 aromatic heterocycles. The SMILES string of the molecule is CC(=O)[O-].[Al+3].[O-2]. The van der Waals surface area contributed by atoms with Crippen LogP contribution in [0.2, 0.25) is 0 Å². The Labute approximate surface area is 46.4 Å². The van der Waals surface area contributed by atoms with Crippen LogP contribution < -0.4 is 5.11 Å². The molecule has 32 valence electrons. The molecule has 4 heteroatoms. The maximum atomic E-state index is 8.89. The molecule has 0 aromatic rings. The van der Waals surface area contributed by atoms with Crippen LogP contribution in [0.5, 0.6) is 0 Å². The number of carbonyl (C=O) groups excluding carboxylic acids is 1. The Hall–Kier alpha value is -0.0375. The molecule has 0 spiro atoms. The Kier molecular flexibility index (Phi) is 24.8. The van der Waals surface area contributed by atoms with Crippen molar-refractivity contribution in [2.45, 2.75) is 6.92 Å². The second kappa shape index (κ2) is 8.88. The van der Waals surface area contributed by atoms with Crippen LogP contribution in [0.1, 0.15) is 6.92 Å². The summed E-state index contributed by atoms with van der Waals surface area (Å²) in [4.78, 5) is 8.89. The van der Waals surface area contributed by atoms with E-state index in [2.05, 4.69) is 0 Å². The fourth-order valence-electron chi connectivity index (χ4n) is 0. The standard InChI is InChI=1S/C2H4O2.Al.O/c1-2(3)4;;/h1H3,(H,3,4);;/q;+3;-2/p-1. The average molecular weight is 102 g/mol. The Bertz CT molecular complexity index is 31.8. The second-order valence-corrected chi connectivity index (χ2v) is 0.492. The van der Waals surface area contributed by atoms with Gasteiger partial charge in [-0.2, -0.15) is 0 Å². The number of carboxylic acid groups (broad SMARTS) is 1. The van der Waals surface area contributed by atoms with Crippen molar-refractivity contribution in [3.05, 3.63) is 0 Å². The van der Waals surface area contributed by atoms with Gasteiger partial charge in [-0.25, -0.2) is 0 Å². The van der Waals surface area contributed by atoms with E-state index in [1.165, 1.54) is 0 Å². The Morgan fingerprint density at radius 1 is 1.67 bits per heavy atom. The van der Waals surface area contributed by atoms with Crippen LogP contribution >= 0.6 is 0 Å². The van der Waals surface area contributed by atoms with Crippen LogP contribution in [0, 0.1) is 0 Å². The van der Waals surface area contributed by atoms with Crippen molar-refractivity contribution in [3.63, 3.8) is 0 Å². The van der Waals surface area contributed by atoms with E-state index in [0.717, 1.165) is 6.92 Å². The number of rotatable bonds is 0. The molecule has 6 heavy (non-hydrogen) atoms. The van der Waals surface area contributed by atoms with Crippen molar-refractivity contribution in [2.24, 2.45) is 0 Å². The zero-order valence-corrected chi connectivity index (χ0v) is 4.46. The summed E-state index contributed by atoms with van der Waals surface area (Å²) in [7, 11) is 0. The molecule has 0 atom stereocenters. The topological polar surface area (TPSA) is 68.6 Å². The van der Waals surface area contributed by atoms with Crippen LogP contribution in [-0.2, 0) is 10.3 Å². The van der Waals surface area contributed by atoms with Crippen LogP contribution in [0.25, 0.3) is 0 Å². The molecule has 0 saturated heterocycles. The largest absolute Gasteiger partial charge is 3.00 e. The van der Waals surface area contributed by atoms with Crippen molar-refractivity contribution in [1.82, 2.24) is 0 Å². The molecule has 0 aliphatic heterocycles. The van der Waals surface area contributed by atoms with Gasteiger partial charge in [-0.15, -0.1) is 0 Å². The summed E-state index contributed by atoms with van der Waals surface area (Å²) in [6.07, 6.45) is 0. The first kappa shape index (κ1) is 16.7. The molecular formula is C2H3AlO3. The third-order valence-electron chi connectivity index (χ3n) is 0. The van der Waals surface area contributed by atoms with Crippen molar-refractivity contribution in [2.75, 3.05) is 0 Å². The van der Waals surface area contributed by atoms with Gasteiger partial charge in [0.05, 0.1) is 0 Å². The Morgan fingerprint density at radius 3 is 1.67 bits per heavy atom. The van der Waals surface area contributed by atoms with Crippen molar-refractivity contribution >= 4 is 23.3 Å². The molecule has 0 amide bonds. The molecule has 0 saturated carbocycles. The number of hydrogen-bond donors (Lipinski definition) is 0. The molecule has 0 aromatic carbocycles. The maximum Gasteiger partial charge on any atom is 3.00 e. The van der Waals surface area contributed by atoms with Crippen molar-refractivity contribution in [1.29, 1.82) is 0 Å². The minimum Gasteiger partial charge on any atom is -2.00 e. The summed E-state index contributed by atoms with van der Waals surface area (Å²) >= 11 is 0. The van der Waals surface area contributed by atoms with E-state index in [4.69, 9.17) is 9.90 Å². The van der Waals surface area contributed by atoms with Gasteiger partial charge in [0.15, 0.2) is 0 Å². The first-order chi connectivity index (χ1) is 1.73. The summed E-state index contributed by atoms with van der Waals surface area (Å²) < 4.78 is 0. The zero-order valence-electron chi connectivity index (χ0n) is 3.30. The normalized spacial score (nSPS) is 4.17. The van der Waals surface area contributed by atoms with Crippen LogP contribution in [0.15, 0.2) is 0 Å². The monoisotopic (exact) mass is 102 g/mol. The van der Waals surface area contributed by atoms with Crippen LogP contribution in [0.3, 0.4) is 0 Å². The van der Waals surface area contributed by atoms with Crippen molar-refractivity contribution in [3.8, 4) is 0 Å². The number of carboxylic acids is 1. The smallest absolute Gasteiger partial charge is 2.00 e. The van der Waals surface area contributed by atoms with Gasteiger partial charge in [0.2, 0.25) is 0 Å². The summed E-state index contributed by atoms with van der Waals surface area (Å²) in [5.74, 6) is -1.08. The predicted octanol–water partition coefficient (Wildman–Crippen LogP) is -1.74. The fraction of sp³-hybridized carbons (Fsp3) is 0.500. The van der Waals surface area contributed by atoms with E-state index in [1.807, 2.05) is 0 Å². The van der Waals surface area contributed by atoms with Gasteiger partial charge < -0.3 is 15.4 Å². The molecule has 0 unspecified atom stereocenters. The van der Waals surface area contributed by atoms with Gasteiger partial charge in [-0.05, 0) is 6.92 Å². The molecule has 0 fully saturated rings.